The Balaban J connectivity index is 2.41. The van der Waals surface area contributed by atoms with Crippen molar-refractivity contribution in [2.75, 3.05) is 26.7 Å². The van der Waals surface area contributed by atoms with Crippen molar-refractivity contribution in [1.82, 2.24) is 9.62 Å². The molecule has 1 aromatic carbocycles. The van der Waals surface area contributed by atoms with Crippen LogP contribution in [0.1, 0.15) is 18.9 Å². The summed E-state index contributed by atoms with van der Waals surface area (Å²) in [6.07, 6.45) is 0.817. The molecule has 1 heterocycles. The van der Waals surface area contributed by atoms with Crippen molar-refractivity contribution in [1.29, 1.82) is 0 Å². The average molecular weight is 298 g/mol. The smallest absolute Gasteiger partial charge is 0.246 e. The average Bonchev–Trinajstić information content (AvgIpc) is 2.64. The van der Waals surface area contributed by atoms with Crippen LogP contribution in [0.4, 0.5) is 0 Å². The zero-order valence-corrected chi connectivity index (χ0v) is 13.0. The predicted molar refractivity (Wildman–Crippen MR) is 78.6 cm³/mol. The molecule has 0 radical (unpaired) electrons. The van der Waals surface area contributed by atoms with Crippen LogP contribution in [0.5, 0.6) is 5.75 Å². The second-order valence-electron chi connectivity index (χ2n) is 5.23. The van der Waals surface area contributed by atoms with E-state index in [0.717, 1.165) is 18.5 Å². The summed E-state index contributed by atoms with van der Waals surface area (Å²) < 4.78 is 32.4. The molecule has 1 N–H and O–H groups in total. The first-order valence-electron chi connectivity index (χ1n) is 6.83. The summed E-state index contributed by atoms with van der Waals surface area (Å²) in [5, 5.41) is 3.30. The molecule has 5 nitrogen and oxygen atoms in total. The van der Waals surface area contributed by atoms with Crippen molar-refractivity contribution in [2.24, 2.45) is 0 Å². The van der Waals surface area contributed by atoms with Crippen LogP contribution >= 0.6 is 0 Å². The van der Waals surface area contributed by atoms with E-state index >= 15 is 0 Å². The molecule has 20 heavy (non-hydrogen) atoms. The molecule has 1 aliphatic rings. The Hall–Kier alpha value is -1.11. The third kappa shape index (κ3) is 3.13. The molecule has 2 rings (SSSR count). The molecule has 0 bridgehead atoms. The first kappa shape index (κ1) is 15.3. The van der Waals surface area contributed by atoms with Gasteiger partial charge in [-0.15, -0.1) is 0 Å². The van der Waals surface area contributed by atoms with Crippen LogP contribution in [0, 0.1) is 6.92 Å². The van der Waals surface area contributed by atoms with E-state index in [2.05, 4.69) is 5.32 Å². The Morgan fingerprint density at radius 1 is 1.40 bits per heavy atom. The summed E-state index contributed by atoms with van der Waals surface area (Å²) in [4.78, 5) is 0.258. The van der Waals surface area contributed by atoms with Crippen molar-refractivity contribution in [3.63, 3.8) is 0 Å². The molecule has 1 unspecified atom stereocenters. The minimum atomic E-state index is -3.52. The van der Waals surface area contributed by atoms with Crippen molar-refractivity contribution in [3.05, 3.63) is 23.8 Å². The maximum absolute atomic E-state index is 12.8. The van der Waals surface area contributed by atoms with Gasteiger partial charge in [-0.2, -0.15) is 4.31 Å². The molecule has 1 aromatic rings. The Labute approximate surface area is 121 Å². The van der Waals surface area contributed by atoms with Gasteiger partial charge < -0.3 is 10.1 Å². The highest BCUT2D eigenvalue weighted by Gasteiger charge is 2.29. The number of sulfonamides is 1. The summed E-state index contributed by atoms with van der Waals surface area (Å²) in [5.74, 6) is 0.403. The summed E-state index contributed by atoms with van der Waals surface area (Å²) in [6.45, 7) is 5.75. The fourth-order valence-electron chi connectivity index (χ4n) is 2.41. The van der Waals surface area contributed by atoms with Gasteiger partial charge in [0.1, 0.15) is 10.6 Å². The normalized spacial score (nSPS) is 21.4. The number of hydrogen-bond acceptors (Lipinski definition) is 4. The number of methoxy groups -OCH3 is 1. The third-order valence-electron chi connectivity index (χ3n) is 3.49. The number of hydrogen-bond donors (Lipinski definition) is 1. The number of aryl methyl sites for hydroxylation is 1. The largest absolute Gasteiger partial charge is 0.495 e. The van der Waals surface area contributed by atoms with Crippen molar-refractivity contribution in [2.45, 2.75) is 31.2 Å². The van der Waals surface area contributed by atoms with E-state index in [1.165, 1.54) is 7.11 Å². The predicted octanol–water partition coefficient (Wildman–Crippen LogP) is 1.38. The minimum absolute atomic E-state index is 0.156. The Morgan fingerprint density at radius 2 is 2.15 bits per heavy atom. The first-order chi connectivity index (χ1) is 9.45. The van der Waals surface area contributed by atoms with Gasteiger partial charge in [-0.25, -0.2) is 8.42 Å². The van der Waals surface area contributed by atoms with Gasteiger partial charge in [-0.1, -0.05) is 6.07 Å². The standard InChI is InChI=1S/C14H22N2O3S/c1-11-5-6-13(19-3)14(9-11)20(17,18)16-8-4-7-15-12(2)10-16/h5-6,9,12,15H,4,7-8,10H2,1-3H3. The molecule has 1 aliphatic heterocycles. The highest BCUT2D eigenvalue weighted by molar-refractivity contribution is 7.89. The number of rotatable bonds is 3. The zero-order chi connectivity index (χ0) is 14.8. The van der Waals surface area contributed by atoms with Gasteiger partial charge in [0.15, 0.2) is 0 Å². The molecule has 0 spiro atoms. The molecule has 0 amide bonds. The lowest BCUT2D eigenvalue weighted by Crippen LogP contribution is -2.39. The SMILES string of the molecule is COc1ccc(C)cc1S(=O)(=O)N1CCCNC(C)C1. The molecule has 112 valence electrons. The van der Waals surface area contributed by atoms with Gasteiger partial charge in [-0.3, -0.25) is 0 Å². The van der Waals surface area contributed by atoms with Crippen LogP contribution < -0.4 is 10.1 Å². The second-order valence-corrected chi connectivity index (χ2v) is 7.13. The molecule has 0 aromatic heterocycles. The molecule has 6 heteroatoms. The highest BCUT2D eigenvalue weighted by atomic mass is 32.2. The van der Waals surface area contributed by atoms with E-state index in [1.807, 2.05) is 19.9 Å². The van der Waals surface area contributed by atoms with Gasteiger partial charge >= 0.3 is 0 Å². The number of nitrogens with one attached hydrogen (secondary N) is 1. The molecule has 0 saturated carbocycles. The Bertz CT molecular complexity index is 572. The van der Waals surface area contributed by atoms with E-state index in [-0.39, 0.29) is 10.9 Å². The molecule has 1 saturated heterocycles. The van der Waals surface area contributed by atoms with E-state index in [9.17, 15) is 8.42 Å². The van der Waals surface area contributed by atoms with Crippen LogP contribution in [0.15, 0.2) is 23.1 Å². The number of benzene rings is 1. The third-order valence-corrected chi connectivity index (χ3v) is 5.38. The monoisotopic (exact) mass is 298 g/mol. The van der Waals surface area contributed by atoms with Gasteiger partial charge in [0.25, 0.3) is 0 Å². The maximum atomic E-state index is 12.8. The summed E-state index contributed by atoms with van der Waals surface area (Å²) >= 11 is 0. The number of nitrogens with zero attached hydrogens (tertiary/aromatic N) is 1. The van der Waals surface area contributed by atoms with Crippen LogP contribution in [0.3, 0.4) is 0 Å². The molecule has 1 atom stereocenters. The fraction of sp³-hybridized carbons (Fsp3) is 0.571. The van der Waals surface area contributed by atoms with Crippen LogP contribution in [0.25, 0.3) is 0 Å². The minimum Gasteiger partial charge on any atom is -0.495 e. The van der Waals surface area contributed by atoms with Gasteiger partial charge in [0, 0.05) is 19.1 Å². The topological polar surface area (TPSA) is 58.6 Å². The summed E-state index contributed by atoms with van der Waals surface area (Å²) in [6, 6.07) is 5.40. The lowest BCUT2D eigenvalue weighted by Gasteiger charge is -2.23. The van der Waals surface area contributed by atoms with Gasteiger partial charge in [-0.05, 0) is 44.5 Å². The van der Waals surface area contributed by atoms with E-state index in [0.29, 0.717) is 18.8 Å². The highest BCUT2D eigenvalue weighted by Crippen LogP contribution is 2.28. The second kappa shape index (κ2) is 6.11. The van der Waals surface area contributed by atoms with E-state index in [1.54, 1.807) is 16.4 Å². The van der Waals surface area contributed by atoms with E-state index < -0.39 is 10.0 Å². The van der Waals surface area contributed by atoms with Crippen molar-refractivity contribution in [3.8, 4) is 5.75 Å². The van der Waals surface area contributed by atoms with Crippen molar-refractivity contribution < 1.29 is 13.2 Å². The van der Waals surface area contributed by atoms with Gasteiger partial charge in [0.2, 0.25) is 10.0 Å². The Kier molecular flexibility index (Phi) is 4.67. The first-order valence-corrected chi connectivity index (χ1v) is 8.27. The lowest BCUT2D eigenvalue weighted by atomic mass is 10.2. The fourth-order valence-corrected chi connectivity index (χ4v) is 4.22. The van der Waals surface area contributed by atoms with Crippen LogP contribution in [-0.2, 0) is 10.0 Å². The van der Waals surface area contributed by atoms with Crippen LogP contribution in [-0.4, -0.2) is 45.5 Å². The van der Waals surface area contributed by atoms with E-state index in [4.69, 9.17) is 4.74 Å². The number of ether oxygens (including phenoxy) is 1. The maximum Gasteiger partial charge on any atom is 0.246 e. The molecular weight excluding hydrogens is 276 g/mol. The quantitative estimate of drug-likeness (QED) is 0.916. The van der Waals surface area contributed by atoms with Crippen LogP contribution in [0.2, 0.25) is 0 Å². The Morgan fingerprint density at radius 3 is 2.85 bits per heavy atom. The zero-order valence-electron chi connectivity index (χ0n) is 12.2. The summed E-state index contributed by atoms with van der Waals surface area (Å²) in [7, 11) is -2.02. The van der Waals surface area contributed by atoms with Gasteiger partial charge in [0.05, 0.1) is 7.11 Å². The molecule has 1 fully saturated rings. The summed E-state index contributed by atoms with van der Waals surface area (Å²) in [5.41, 5.74) is 0.908. The lowest BCUT2D eigenvalue weighted by molar-refractivity contribution is 0.385. The van der Waals surface area contributed by atoms with Crippen molar-refractivity contribution >= 4 is 10.0 Å². The molecular formula is C14H22N2O3S. The molecule has 0 aliphatic carbocycles.